The van der Waals surface area contributed by atoms with Gasteiger partial charge in [-0.25, -0.2) is 0 Å². The van der Waals surface area contributed by atoms with Crippen LogP contribution in [0.25, 0.3) is 0 Å². The molecule has 3 nitrogen and oxygen atoms in total. The zero-order valence-electron chi connectivity index (χ0n) is 16.6. The van der Waals surface area contributed by atoms with Gasteiger partial charge < -0.3 is 0 Å². The third-order valence-corrected chi connectivity index (χ3v) is 10.6. The highest BCUT2D eigenvalue weighted by Crippen LogP contribution is 2.60. The lowest BCUT2D eigenvalue weighted by Crippen LogP contribution is -2.40. The summed E-state index contributed by atoms with van der Waals surface area (Å²) in [5.74, 6) is 0. The first kappa shape index (κ1) is 22.5. The number of hydrogen-bond acceptors (Lipinski definition) is 3. The molecule has 158 valence electrons. The number of rotatable bonds is 5. The van der Waals surface area contributed by atoms with Gasteiger partial charge in [0.15, 0.2) is 0 Å². The molecule has 0 unspecified atom stereocenters. The van der Waals surface area contributed by atoms with Gasteiger partial charge in [-0.1, -0.05) is 58.6 Å². The van der Waals surface area contributed by atoms with Crippen LogP contribution < -0.4 is 15.9 Å². The average Bonchev–Trinajstić information content (AvgIpc) is 2.67. The first-order chi connectivity index (χ1) is 14.0. The largest absolute Gasteiger partial charge is 0.526 e. The van der Waals surface area contributed by atoms with Crippen molar-refractivity contribution in [3.05, 3.63) is 89.5 Å². The van der Waals surface area contributed by atoms with E-state index >= 15 is 0 Å². The van der Waals surface area contributed by atoms with Crippen molar-refractivity contribution in [3.63, 3.8) is 0 Å². The minimum Gasteiger partial charge on any atom is -0.186 e. The molecule has 0 amide bonds. The maximum Gasteiger partial charge on any atom is 0.526 e. The molecule has 0 saturated carbocycles. The Balaban J connectivity index is 2.53. The van der Waals surface area contributed by atoms with Crippen LogP contribution in [0.2, 0.25) is 0 Å². The first-order valence-electron chi connectivity index (χ1n) is 9.11. The van der Waals surface area contributed by atoms with Crippen LogP contribution in [0.3, 0.4) is 0 Å². The fourth-order valence-corrected chi connectivity index (χ4v) is 9.31. The first-order valence-corrected chi connectivity index (χ1v) is 12.2. The molecule has 0 atom stereocenters. The van der Waals surface area contributed by atoms with E-state index in [0.717, 1.165) is 0 Å². The summed E-state index contributed by atoms with van der Waals surface area (Å²) in [6.07, 6.45) is 0. The van der Waals surface area contributed by atoms with Crippen molar-refractivity contribution in [2.45, 2.75) is 26.3 Å². The second kappa shape index (κ2) is 8.14. The van der Waals surface area contributed by atoms with Gasteiger partial charge in [-0.05, 0) is 55.7 Å². The van der Waals surface area contributed by atoms with E-state index in [1.54, 1.807) is 93.6 Å². The standard InChI is InChI=1S/C22H21F3O3PS/c1-16-10-4-7-13-19(16)29(20-14-8-5-11-17(20)2,21-15-9-6-12-18(21)3)28-30(26,27)22(23,24)25/h4-15H,1-3H3/q+1. The van der Waals surface area contributed by atoms with E-state index in [-0.39, 0.29) is 0 Å². The molecule has 0 aliphatic rings. The number of halogens is 3. The number of aryl methyl sites for hydroxylation is 3. The summed E-state index contributed by atoms with van der Waals surface area (Å²) in [6.45, 7) is 5.22. The SMILES string of the molecule is Cc1ccccc1[P+](OS(=O)(=O)C(F)(F)F)(c1ccccc1C)c1ccccc1C. The van der Waals surface area contributed by atoms with Gasteiger partial charge in [0.2, 0.25) is 0 Å². The molecule has 3 aromatic carbocycles. The summed E-state index contributed by atoms with van der Waals surface area (Å²) in [4.78, 5) is 0. The van der Waals surface area contributed by atoms with E-state index in [2.05, 4.69) is 0 Å². The quantitative estimate of drug-likeness (QED) is 0.416. The zero-order chi connectivity index (χ0) is 22.2. The summed E-state index contributed by atoms with van der Waals surface area (Å²) in [5, 5.41) is 1.30. The highest BCUT2D eigenvalue weighted by atomic mass is 32.2. The molecule has 8 heteroatoms. The number of alkyl halides is 3. The lowest BCUT2D eigenvalue weighted by atomic mass is 10.2. The van der Waals surface area contributed by atoms with Gasteiger partial charge in [0.1, 0.15) is 15.9 Å². The number of benzene rings is 3. The molecule has 0 heterocycles. The lowest BCUT2D eigenvalue weighted by molar-refractivity contribution is -0.0496. The van der Waals surface area contributed by atoms with E-state index in [1.807, 2.05) is 0 Å². The van der Waals surface area contributed by atoms with Crippen LogP contribution in [0.15, 0.2) is 72.8 Å². The van der Waals surface area contributed by atoms with Crippen molar-refractivity contribution in [2.24, 2.45) is 0 Å². The Hall–Kier alpha value is -2.21. The minimum absolute atomic E-state index is 0.432. The van der Waals surface area contributed by atoms with Crippen LogP contribution in [-0.2, 0) is 14.1 Å². The maximum absolute atomic E-state index is 13.5. The maximum atomic E-state index is 13.5. The van der Waals surface area contributed by atoms with Gasteiger partial charge in [0.05, 0.1) is 0 Å². The monoisotopic (exact) mass is 453 g/mol. The van der Waals surface area contributed by atoms with E-state index in [4.69, 9.17) is 3.97 Å². The molecule has 0 aliphatic heterocycles. The van der Waals surface area contributed by atoms with Crippen molar-refractivity contribution < 1.29 is 25.6 Å². The third-order valence-electron chi connectivity index (χ3n) is 4.86. The van der Waals surface area contributed by atoms with Gasteiger partial charge >= 0.3 is 15.6 Å². The van der Waals surface area contributed by atoms with Gasteiger partial charge in [-0.15, -0.1) is 0 Å². The topological polar surface area (TPSA) is 43.4 Å². The van der Waals surface area contributed by atoms with E-state index < -0.39 is 23.1 Å². The average molecular weight is 453 g/mol. The highest BCUT2D eigenvalue weighted by Gasteiger charge is 2.61. The molecule has 0 aliphatic carbocycles. The summed E-state index contributed by atoms with van der Waals surface area (Å²) in [5.41, 5.74) is -3.61. The van der Waals surface area contributed by atoms with E-state index in [0.29, 0.717) is 32.6 Å². The Labute approximate surface area is 175 Å². The van der Waals surface area contributed by atoms with Gasteiger partial charge in [-0.2, -0.15) is 21.6 Å². The summed E-state index contributed by atoms with van der Waals surface area (Å²) in [7, 11) is -9.59. The van der Waals surface area contributed by atoms with E-state index in [9.17, 15) is 21.6 Å². The second-order valence-corrected chi connectivity index (χ2v) is 11.6. The van der Waals surface area contributed by atoms with Crippen molar-refractivity contribution in [2.75, 3.05) is 0 Å². The molecule has 3 aromatic rings. The molecule has 3 rings (SSSR count). The summed E-state index contributed by atoms with van der Waals surface area (Å²) in [6, 6.07) is 20.4. The number of hydrogen-bond donors (Lipinski definition) is 0. The molecule has 0 N–H and O–H groups in total. The van der Waals surface area contributed by atoms with Gasteiger partial charge in [-0.3, -0.25) is 0 Å². The second-order valence-electron chi connectivity index (χ2n) is 6.94. The van der Waals surface area contributed by atoms with Gasteiger partial charge in [0, 0.05) is 0 Å². The lowest BCUT2D eigenvalue weighted by Gasteiger charge is -2.28. The smallest absolute Gasteiger partial charge is 0.186 e. The minimum atomic E-state index is -5.90. The van der Waals surface area contributed by atoms with Crippen LogP contribution in [0, 0.1) is 20.8 Å². The highest BCUT2D eigenvalue weighted by molar-refractivity contribution is 8.02. The van der Waals surface area contributed by atoms with Crippen LogP contribution in [0.5, 0.6) is 0 Å². The molecule has 30 heavy (non-hydrogen) atoms. The van der Waals surface area contributed by atoms with Crippen LogP contribution in [0.4, 0.5) is 13.2 Å². The van der Waals surface area contributed by atoms with Crippen LogP contribution >= 0.6 is 7.49 Å². The molecule has 0 bridgehead atoms. The molecule has 0 fully saturated rings. The predicted octanol–water partition coefficient (Wildman–Crippen LogP) is 4.69. The van der Waals surface area contributed by atoms with Crippen molar-refractivity contribution >= 4 is 33.5 Å². The fraction of sp³-hybridized carbons (Fsp3) is 0.182. The Kier molecular flexibility index (Phi) is 6.10. The van der Waals surface area contributed by atoms with E-state index in [1.165, 1.54) is 0 Å². The molecule has 0 aromatic heterocycles. The Morgan fingerprint density at radius 3 is 1.23 bits per heavy atom. The molecule has 0 radical (unpaired) electrons. The van der Waals surface area contributed by atoms with Gasteiger partial charge in [0.25, 0.3) is 7.49 Å². The fourth-order valence-electron chi connectivity index (χ4n) is 3.45. The van der Waals surface area contributed by atoms with Crippen molar-refractivity contribution in [1.29, 1.82) is 0 Å². The zero-order valence-corrected chi connectivity index (χ0v) is 18.4. The normalized spacial score (nSPS) is 12.7. The Morgan fingerprint density at radius 2 is 0.967 bits per heavy atom. The van der Waals surface area contributed by atoms with Crippen LogP contribution in [0.1, 0.15) is 16.7 Å². The molecule has 0 saturated heterocycles. The Bertz CT molecular complexity index is 1060. The third kappa shape index (κ3) is 3.89. The van der Waals surface area contributed by atoms with Crippen molar-refractivity contribution in [3.8, 4) is 0 Å². The van der Waals surface area contributed by atoms with Crippen molar-refractivity contribution in [1.82, 2.24) is 0 Å². The predicted molar refractivity (Wildman–Crippen MR) is 115 cm³/mol. The summed E-state index contributed by atoms with van der Waals surface area (Å²) >= 11 is 0. The molecule has 0 spiro atoms. The molecular formula is C22H21F3O3PS+. The van der Waals surface area contributed by atoms with Crippen LogP contribution in [-0.4, -0.2) is 13.9 Å². The molecular weight excluding hydrogens is 432 g/mol. The Morgan fingerprint density at radius 1 is 0.667 bits per heavy atom. The summed E-state index contributed by atoms with van der Waals surface area (Å²) < 4.78 is 70.7.